The molecule has 0 aliphatic rings. The standard InChI is InChI=1S/C12H16O4/c1-5-14-6-7-15-12(13)11-8(2)9(3)16-10(11)4/h5H,1,6-7H2,2-4H3. The highest BCUT2D eigenvalue weighted by Crippen LogP contribution is 2.21. The molecule has 0 spiro atoms. The van der Waals surface area contributed by atoms with Gasteiger partial charge in [0.05, 0.1) is 6.26 Å². The van der Waals surface area contributed by atoms with E-state index in [9.17, 15) is 4.79 Å². The van der Waals surface area contributed by atoms with Crippen LogP contribution in [0.5, 0.6) is 0 Å². The fourth-order valence-electron chi connectivity index (χ4n) is 1.43. The van der Waals surface area contributed by atoms with E-state index in [-0.39, 0.29) is 12.6 Å². The van der Waals surface area contributed by atoms with Crippen molar-refractivity contribution in [2.45, 2.75) is 20.8 Å². The van der Waals surface area contributed by atoms with Gasteiger partial charge in [0.25, 0.3) is 0 Å². The summed E-state index contributed by atoms with van der Waals surface area (Å²) < 4.78 is 15.2. The maximum Gasteiger partial charge on any atom is 0.342 e. The molecule has 0 aliphatic heterocycles. The molecule has 0 radical (unpaired) electrons. The zero-order valence-corrected chi connectivity index (χ0v) is 9.83. The van der Waals surface area contributed by atoms with Crippen molar-refractivity contribution in [2.75, 3.05) is 13.2 Å². The van der Waals surface area contributed by atoms with Crippen LogP contribution in [0.1, 0.15) is 27.4 Å². The van der Waals surface area contributed by atoms with Gasteiger partial charge in [-0.05, 0) is 20.8 Å². The number of carbonyl (C=O) groups excluding carboxylic acids is 1. The highest BCUT2D eigenvalue weighted by molar-refractivity contribution is 5.92. The minimum absolute atomic E-state index is 0.202. The average molecular weight is 224 g/mol. The van der Waals surface area contributed by atoms with Crippen LogP contribution in [0, 0.1) is 20.8 Å². The van der Waals surface area contributed by atoms with Crippen molar-refractivity contribution in [1.82, 2.24) is 0 Å². The molecule has 4 heteroatoms. The van der Waals surface area contributed by atoms with Gasteiger partial charge >= 0.3 is 5.97 Å². The number of hydrogen-bond donors (Lipinski definition) is 0. The average Bonchev–Trinajstić information content (AvgIpc) is 2.48. The lowest BCUT2D eigenvalue weighted by atomic mass is 10.1. The maximum absolute atomic E-state index is 11.7. The molecule has 0 saturated heterocycles. The minimum Gasteiger partial charge on any atom is -0.498 e. The first kappa shape index (κ1) is 12.4. The molecular formula is C12H16O4. The molecule has 16 heavy (non-hydrogen) atoms. The predicted octanol–water partition coefficient (Wildman–Crippen LogP) is 2.52. The van der Waals surface area contributed by atoms with Gasteiger partial charge in [0.1, 0.15) is 30.3 Å². The zero-order chi connectivity index (χ0) is 12.1. The topological polar surface area (TPSA) is 48.7 Å². The lowest BCUT2D eigenvalue weighted by molar-refractivity contribution is 0.0418. The molecule has 0 bridgehead atoms. The highest BCUT2D eigenvalue weighted by atomic mass is 16.6. The molecule has 1 heterocycles. The van der Waals surface area contributed by atoms with E-state index in [2.05, 4.69) is 6.58 Å². The summed E-state index contributed by atoms with van der Waals surface area (Å²) in [6.07, 6.45) is 1.31. The molecule has 1 aromatic heterocycles. The number of rotatable bonds is 5. The number of ether oxygens (including phenoxy) is 2. The third-order valence-electron chi connectivity index (χ3n) is 2.32. The molecule has 0 N–H and O–H groups in total. The van der Waals surface area contributed by atoms with Crippen LogP contribution in [0.15, 0.2) is 17.3 Å². The van der Waals surface area contributed by atoms with Gasteiger partial charge in [0.2, 0.25) is 0 Å². The van der Waals surface area contributed by atoms with Crippen LogP contribution in [0.25, 0.3) is 0 Å². The Morgan fingerprint density at radius 2 is 2.00 bits per heavy atom. The van der Waals surface area contributed by atoms with Gasteiger partial charge in [-0.1, -0.05) is 6.58 Å². The Morgan fingerprint density at radius 3 is 2.50 bits per heavy atom. The predicted molar refractivity (Wildman–Crippen MR) is 59.4 cm³/mol. The second kappa shape index (κ2) is 5.39. The molecule has 0 unspecified atom stereocenters. The Balaban J connectivity index is 2.62. The van der Waals surface area contributed by atoms with E-state index in [1.807, 2.05) is 13.8 Å². The molecule has 0 aromatic carbocycles. The summed E-state index contributed by atoms with van der Waals surface area (Å²) in [5.74, 6) is 0.955. The van der Waals surface area contributed by atoms with Gasteiger partial charge in [-0.2, -0.15) is 0 Å². The van der Waals surface area contributed by atoms with Crippen molar-refractivity contribution < 1.29 is 18.7 Å². The largest absolute Gasteiger partial charge is 0.498 e. The van der Waals surface area contributed by atoms with Crippen LogP contribution in [-0.4, -0.2) is 19.2 Å². The van der Waals surface area contributed by atoms with E-state index in [0.717, 1.165) is 11.3 Å². The Hall–Kier alpha value is -1.71. The van der Waals surface area contributed by atoms with Crippen molar-refractivity contribution in [2.24, 2.45) is 0 Å². The number of aryl methyl sites for hydroxylation is 2. The van der Waals surface area contributed by atoms with E-state index >= 15 is 0 Å². The molecule has 0 aliphatic carbocycles. The van der Waals surface area contributed by atoms with Gasteiger partial charge in [-0.3, -0.25) is 0 Å². The van der Waals surface area contributed by atoms with E-state index < -0.39 is 0 Å². The first-order valence-electron chi connectivity index (χ1n) is 5.04. The molecule has 0 atom stereocenters. The quantitative estimate of drug-likeness (QED) is 0.438. The van der Waals surface area contributed by atoms with Gasteiger partial charge in [-0.25, -0.2) is 4.79 Å². The molecular weight excluding hydrogens is 208 g/mol. The molecule has 1 aromatic rings. The lowest BCUT2D eigenvalue weighted by Gasteiger charge is -2.04. The van der Waals surface area contributed by atoms with E-state index in [1.165, 1.54) is 6.26 Å². The summed E-state index contributed by atoms with van der Waals surface area (Å²) in [7, 11) is 0. The van der Waals surface area contributed by atoms with Gasteiger partial charge in [0, 0.05) is 5.56 Å². The van der Waals surface area contributed by atoms with Crippen LogP contribution in [0.2, 0.25) is 0 Å². The van der Waals surface area contributed by atoms with Crippen LogP contribution >= 0.6 is 0 Å². The monoisotopic (exact) mass is 224 g/mol. The summed E-state index contributed by atoms with van der Waals surface area (Å²) >= 11 is 0. The van der Waals surface area contributed by atoms with Crippen LogP contribution in [0.4, 0.5) is 0 Å². The Bertz CT molecular complexity index is 390. The highest BCUT2D eigenvalue weighted by Gasteiger charge is 2.19. The Labute approximate surface area is 94.8 Å². The van der Waals surface area contributed by atoms with Crippen molar-refractivity contribution in [3.63, 3.8) is 0 Å². The zero-order valence-electron chi connectivity index (χ0n) is 9.83. The third-order valence-corrected chi connectivity index (χ3v) is 2.32. The first-order valence-corrected chi connectivity index (χ1v) is 5.04. The number of esters is 1. The van der Waals surface area contributed by atoms with Gasteiger partial charge in [-0.15, -0.1) is 0 Å². The van der Waals surface area contributed by atoms with E-state index in [4.69, 9.17) is 13.9 Å². The normalized spacial score (nSPS) is 9.94. The van der Waals surface area contributed by atoms with Gasteiger partial charge < -0.3 is 13.9 Å². The minimum atomic E-state index is -0.375. The number of carbonyl (C=O) groups is 1. The fraction of sp³-hybridized carbons (Fsp3) is 0.417. The molecule has 0 saturated carbocycles. The summed E-state index contributed by atoms with van der Waals surface area (Å²) in [5.41, 5.74) is 1.34. The first-order chi connectivity index (χ1) is 7.57. The Kier molecular flexibility index (Phi) is 4.17. The molecule has 0 fully saturated rings. The molecule has 88 valence electrons. The lowest BCUT2D eigenvalue weighted by Crippen LogP contribution is -2.11. The van der Waals surface area contributed by atoms with Crippen LogP contribution in [0.3, 0.4) is 0 Å². The smallest absolute Gasteiger partial charge is 0.342 e. The van der Waals surface area contributed by atoms with Crippen molar-refractivity contribution in [3.05, 3.63) is 35.5 Å². The summed E-state index contributed by atoms with van der Waals surface area (Å²) in [5, 5.41) is 0. The number of furan rings is 1. The second-order valence-corrected chi connectivity index (χ2v) is 3.39. The van der Waals surface area contributed by atoms with E-state index in [0.29, 0.717) is 17.9 Å². The fourth-order valence-corrected chi connectivity index (χ4v) is 1.43. The van der Waals surface area contributed by atoms with Gasteiger partial charge in [0.15, 0.2) is 0 Å². The van der Waals surface area contributed by atoms with Crippen molar-refractivity contribution >= 4 is 5.97 Å². The summed E-state index contributed by atoms with van der Waals surface area (Å²) in [4.78, 5) is 11.7. The molecule has 4 nitrogen and oxygen atoms in total. The van der Waals surface area contributed by atoms with Crippen LogP contribution in [-0.2, 0) is 9.47 Å². The summed E-state index contributed by atoms with van der Waals surface area (Å²) in [6.45, 7) is 9.30. The van der Waals surface area contributed by atoms with Crippen molar-refractivity contribution in [1.29, 1.82) is 0 Å². The Morgan fingerprint density at radius 1 is 1.31 bits per heavy atom. The number of hydrogen-bond acceptors (Lipinski definition) is 4. The van der Waals surface area contributed by atoms with Crippen molar-refractivity contribution in [3.8, 4) is 0 Å². The maximum atomic E-state index is 11.7. The third kappa shape index (κ3) is 2.66. The molecule has 1 rings (SSSR count). The second-order valence-electron chi connectivity index (χ2n) is 3.39. The van der Waals surface area contributed by atoms with E-state index in [1.54, 1.807) is 6.92 Å². The summed E-state index contributed by atoms with van der Waals surface area (Å²) in [6, 6.07) is 0. The van der Waals surface area contributed by atoms with Crippen LogP contribution < -0.4 is 0 Å². The molecule has 0 amide bonds. The SMILES string of the molecule is C=COCCOC(=O)c1c(C)oc(C)c1C.